The second kappa shape index (κ2) is 5.53. The molecule has 78 valence electrons. The van der Waals surface area contributed by atoms with E-state index in [0.717, 1.165) is 24.4 Å². The first kappa shape index (κ1) is 10.9. The van der Waals surface area contributed by atoms with Gasteiger partial charge in [-0.15, -0.1) is 0 Å². The van der Waals surface area contributed by atoms with Crippen LogP contribution < -0.4 is 10.1 Å². The number of rotatable bonds is 5. The van der Waals surface area contributed by atoms with Crippen LogP contribution in [0.4, 0.5) is 5.69 Å². The molecule has 0 aliphatic rings. The summed E-state index contributed by atoms with van der Waals surface area (Å²) in [7, 11) is 0. The molecule has 1 unspecified atom stereocenters. The van der Waals surface area contributed by atoms with Gasteiger partial charge in [-0.05, 0) is 32.4 Å². The molecule has 0 aromatic heterocycles. The number of benzene rings is 1. The van der Waals surface area contributed by atoms with Crippen molar-refractivity contribution in [3.63, 3.8) is 0 Å². The standard InChI is InChI=1S/C12H19NO/c1-4-10(3)14-12-8-6-7-11(9-12)13-5-2/h6-10,13H,4-5H2,1-3H3. The molecule has 2 nitrogen and oxygen atoms in total. The van der Waals surface area contributed by atoms with E-state index in [4.69, 9.17) is 4.74 Å². The molecule has 2 heteroatoms. The molecule has 14 heavy (non-hydrogen) atoms. The van der Waals surface area contributed by atoms with Gasteiger partial charge in [0.05, 0.1) is 6.10 Å². The van der Waals surface area contributed by atoms with Crippen molar-refractivity contribution >= 4 is 5.69 Å². The maximum atomic E-state index is 5.71. The molecule has 1 N–H and O–H groups in total. The molecule has 0 bridgehead atoms. The number of nitrogens with one attached hydrogen (secondary N) is 1. The third-order valence-corrected chi connectivity index (χ3v) is 2.13. The SMILES string of the molecule is CCNc1cccc(OC(C)CC)c1. The summed E-state index contributed by atoms with van der Waals surface area (Å²) >= 11 is 0. The van der Waals surface area contributed by atoms with Crippen LogP contribution in [0.1, 0.15) is 27.2 Å². The highest BCUT2D eigenvalue weighted by atomic mass is 16.5. The first-order valence-corrected chi connectivity index (χ1v) is 5.26. The molecule has 0 aliphatic heterocycles. The largest absolute Gasteiger partial charge is 0.491 e. The van der Waals surface area contributed by atoms with E-state index in [-0.39, 0.29) is 6.10 Å². The Labute approximate surface area is 86.3 Å². The van der Waals surface area contributed by atoms with Gasteiger partial charge in [0.1, 0.15) is 5.75 Å². The summed E-state index contributed by atoms with van der Waals surface area (Å²) in [6.07, 6.45) is 1.32. The highest BCUT2D eigenvalue weighted by Gasteiger charge is 2.00. The molecule has 0 heterocycles. The fourth-order valence-corrected chi connectivity index (χ4v) is 1.20. The minimum Gasteiger partial charge on any atom is -0.491 e. The van der Waals surface area contributed by atoms with Crippen LogP contribution in [0, 0.1) is 0 Å². The summed E-state index contributed by atoms with van der Waals surface area (Å²) in [5.74, 6) is 0.942. The first-order valence-electron chi connectivity index (χ1n) is 5.26. The smallest absolute Gasteiger partial charge is 0.121 e. The highest BCUT2D eigenvalue weighted by Crippen LogP contribution is 2.18. The lowest BCUT2D eigenvalue weighted by atomic mass is 10.3. The number of hydrogen-bond donors (Lipinski definition) is 1. The van der Waals surface area contributed by atoms with Gasteiger partial charge < -0.3 is 10.1 Å². The number of hydrogen-bond acceptors (Lipinski definition) is 2. The predicted octanol–water partition coefficient (Wildman–Crippen LogP) is 3.30. The van der Waals surface area contributed by atoms with Gasteiger partial charge in [-0.1, -0.05) is 13.0 Å². The summed E-state index contributed by atoms with van der Waals surface area (Å²) in [6, 6.07) is 8.09. The Hall–Kier alpha value is -1.18. The minimum absolute atomic E-state index is 0.284. The normalized spacial score (nSPS) is 12.2. The molecule has 0 saturated heterocycles. The van der Waals surface area contributed by atoms with Crippen molar-refractivity contribution in [3.05, 3.63) is 24.3 Å². The molecule has 0 fully saturated rings. The first-order chi connectivity index (χ1) is 6.76. The van der Waals surface area contributed by atoms with Gasteiger partial charge in [-0.3, -0.25) is 0 Å². The van der Waals surface area contributed by atoms with Gasteiger partial charge in [-0.2, -0.15) is 0 Å². The van der Waals surface area contributed by atoms with Gasteiger partial charge in [-0.25, -0.2) is 0 Å². The molecular weight excluding hydrogens is 174 g/mol. The molecule has 0 radical (unpaired) electrons. The Morgan fingerprint density at radius 1 is 1.36 bits per heavy atom. The number of ether oxygens (including phenoxy) is 1. The van der Waals surface area contributed by atoms with Crippen LogP contribution in [0.5, 0.6) is 5.75 Å². The summed E-state index contributed by atoms with van der Waals surface area (Å²) < 4.78 is 5.71. The molecule has 1 rings (SSSR count). The van der Waals surface area contributed by atoms with Crippen LogP contribution in [0.2, 0.25) is 0 Å². The molecule has 0 aliphatic carbocycles. The van der Waals surface area contributed by atoms with Crippen molar-refractivity contribution in [2.45, 2.75) is 33.3 Å². The highest BCUT2D eigenvalue weighted by molar-refractivity contribution is 5.47. The average molecular weight is 193 g/mol. The maximum Gasteiger partial charge on any atom is 0.121 e. The molecule has 1 atom stereocenters. The Balaban J connectivity index is 2.63. The topological polar surface area (TPSA) is 21.3 Å². The van der Waals surface area contributed by atoms with Crippen LogP contribution in [0.25, 0.3) is 0 Å². The zero-order valence-electron chi connectivity index (χ0n) is 9.21. The second-order valence-corrected chi connectivity index (χ2v) is 3.39. The van der Waals surface area contributed by atoms with E-state index in [1.54, 1.807) is 0 Å². The van der Waals surface area contributed by atoms with E-state index in [9.17, 15) is 0 Å². The van der Waals surface area contributed by atoms with E-state index < -0.39 is 0 Å². The van der Waals surface area contributed by atoms with Crippen molar-refractivity contribution < 1.29 is 4.74 Å². The molecule has 1 aromatic carbocycles. The van der Waals surface area contributed by atoms with Gasteiger partial charge in [0, 0.05) is 18.3 Å². The maximum absolute atomic E-state index is 5.71. The Kier molecular flexibility index (Phi) is 4.30. The van der Waals surface area contributed by atoms with Gasteiger partial charge in [0.15, 0.2) is 0 Å². The lowest BCUT2D eigenvalue weighted by Crippen LogP contribution is -2.09. The van der Waals surface area contributed by atoms with Crippen LogP contribution >= 0.6 is 0 Å². The van der Waals surface area contributed by atoms with E-state index in [1.807, 2.05) is 24.3 Å². The van der Waals surface area contributed by atoms with E-state index in [1.165, 1.54) is 0 Å². The van der Waals surface area contributed by atoms with Gasteiger partial charge in [0.2, 0.25) is 0 Å². The molecule has 0 amide bonds. The Bertz CT molecular complexity index is 273. The summed E-state index contributed by atoms with van der Waals surface area (Å²) in [5.41, 5.74) is 1.12. The van der Waals surface area contributed by atoms with Gasteiger partial charge in [0.25, 0.3) is 0 Å². The molecule has 0 spiro atoms. The Morgan fingerprint density at radius 3 is 2.79 bits per heavy atom. The second-order valence-electron chi connectivity index (χ2n) is 3.39. The summed E-state index contributed by atoms with van der Waals surface area (Å²) in [5, 5.41) is 3.26. The third-order valence-electron chi connectivity index (χ3n) is 2.13. The van der Waals surface area contributed by atoms with Crippen LogP contribution in [0.15, 0.2) is 24.3 Å². The van der Waals surface area contributed by atoms with E-state index in [0.29, 0.717) is 0 Å². The van der Waals surface area contributed by atoms with Crippen molar-refractivity contribution in [1.29, 1.82) is 0 Å². The third kappa shape index (κ3) is 3.29. The van der Waals surface area contributed by atoms with Crippen molar-refractivity contribution in [1.82, 2.24) is 0 Å². The van der Waals surface area contributed by atoms with Crippen LogP contribution in [-0.2, 0) is 0 Å². The summed E-state index contributed by atoms with van der Waals surface area (Å²) in [4.78, 5) is 0. The van der Waals surface area contributed by atoms with Crippen molar-refractivity contribution in [2.75, 3.05) is 11.9 Å². The number of anilines is 1. The van der Waals surface area contributed by atoms with Crippen LogP contribution in [-0.4, -0.2) is 12.6 Å². The molecular formula is C12H19NO. The van der Waals surface area contributed by atoms with E-state index >= 15 is 0 Å². The van der Waals surface area contributed by atoms with Crippen LogP contribution in [0.3, 0.4) is 0 Å². The Morgan fingerprint density at radius 2 is 2.14 bits per heavy atom. The summed E-state index contributed by atoms with van der Waals surface area (Å²) in [6.45, 7) is 7.23. The average Bonchev–Trinajstić information content (AvgIpc) is 2.19. The van der Waals surface area contributed by atoms with Crippen molar-refractivity contribution in [2.24, 2.45) is 0 Å². The fraction of sp³-hybridized carbons (Fsp3) is 0.500. The molecule has 1 aromatic rings. The van der Waals surface area contributed by atoms with Crippen molar-refractivity contribution in [3.8, 4) is 5.75 Å². The zero-order valence-corrected chi connectivity index (χ0v) is 9.21. The fourth-order valence-electron chi connectivity index (χ4n) is 1.20. The monoisotopic (exact) mass is 193 g/mol. The lowest BCUT2D eigenvalue weighted by Gasteiger charge is -2.13. The van der Waals surface area contributed by atoms with E-state index in [2.05, 4.69) is 26.1 Å². The zero-order chi connectivity index (χ0) is 10.4. The lowest BCUT2D eigenvalue weighted by molar-refractivity contribution is 0.217. The quantitative estimate of drug-likeness (QED) is 0.774. The molecule has 0 saturated carbocycles. The minimum atomic E-state index is 0.284. The van der Waals surface area contributed by atoms with Gasteiger partial charge >= 0.3 is 0 Å². The predicted molar refractivity (Wildman–Crippen MR) is 61.0 cm³/mol.